The third kappa shape index (κ3) is 3.32. The van der Waals surface area contributed by atoms with Crippen molar-refractivity contribution in [3.05, 3.63) is 27.4 Å². The minimum absolute atomic E-state index is 0.0128. The quantitative estimate of drug-likeness (QED) is 0.811. The van der Waals surface area contributed by atoms with Crippen molar-refractivity contribution in [3.63, 3.8) is 0 Å². The minimum Gasteiger partial charge on any atom is -0.354 e. The van der Waals surface area contributed by atoms with E-state index in [0.29, 0.717) is 24.7 Å². The predicted molar refractivity (Wildman–Crippen MR) is 68.6 cm³/mol. The number of nitrogens with one attached hydrogen (secondary N) is 1. The fourth-order valence-corrected chi connectivity index (χ4v) is 1.93. The van der Waals surface area contributed by atoms with Crippen LogP contribution < -0.4 is 10.9 Å². The van der Waals surface area contributed by atoms with Crippen LogP contribution in [0.1, 0.15) is 25.6 Å². The number of aromatic nitrogens is 2. The first-order chi connectivity index (χ1) is 8.60. The van der Waals surface area contributed by atoms with Gasteiger partial charge in [-0.05, 0) is 18.8 Å². The van der Waals surface area contributed by atoms with Gasteiger partial charge in [0, 0.05) is 19.0 Å². The fourth-order valence-electron chi connectivity index (χ4n) is 1.74. The molecule has 1 N–H and O–H groups in total. The zero-order valence-corrected chi connectivity index (χ0v) is 11.0. The van der Waals surface area contributed by atoms with Gasteiger partial charge in [-0.15, -0.1) is 0 Å². The number of aryl methyl sites for hydroxylation is 1. The molecule has 1 amide bonds. The lowest BCUT2D eigenvalue weighted by molar-refractivity contribution is -0.121. The normalized spacial score (nSPS) is 14.6. The van der Waals surface area contributed by atoms with E-state index in [2.05, 4.69) is 10.3 Å². The van der Waals surface area contributed by atoms with Gasteiger partial charge in [-0.1, -0.05) is 18.5 Å². The molecule has 0 spiro atoms. The van der Waals surface area contributed by atoms with Crippen LogP contribution in [0.15, 0.2) is 10.9 Å². The maximum Gasteiger partial charge on any atom is 0.255 e. The Morgan fingerprint density at radius 2 is 2.33 bits per heavy atom. The molecule has 1 aliphatic carbocycles. The van der Waals surface area contributed by atoms with Crippen molar-refractivity contribution in [3.8, 4) is 0 Å². The Hall–Kier alpha value is -1.36. The Bertz CT molecular complexity index is 509. The zero-order valence-electron chi connectivity index (χ0n) is 10.3. The Morgan fingerprint density at radius 3 is 2.94 bits per heavy atom. The predicted octanol–water partition coefficient (Wildman–Crippen LogP) is 0.985. The summed E-state index contributed by atoms with van der Waals surface area (Å²) in [6.07, 6.45) is 2.93. The number of hydrogen-bond acceptors (Lipinski definition) is 3. The molecule has 0 atom stereocenters. The molecule has 18 heavy (non-hydrogen) atoms. The Balaban J connectivity index is 2.06. The summed E-state index contributed by atoms with van der Waals surface area (Å²) in [5, 5.41) is 3.00. The molecule has 1 heterocycles. The summed E-state index contributed by atoms with van der Waals surface area (Å²) in [5.41, 5.74) is -0.284. The van der Waals surface area contributed by atoms with Gasteiger partial charge < -0.3 is 5.32 Å². The maximum absolute atomic E-state index is 11.8. The van der Waals surface area contributed by atoms with E-state index in [1.54, 1.807) is 0 Å². The molecule has 6 heteroatoms. The smallest absolute Gasteiger partial charge is 0.255 e. The van der Waals surface area contributed by atoms with Crippen molar-refractivity contribution in [1.82, 2.24) is 14.9 Å². The summed E-state index contributed by atoms with van der Waals surface area (Å²) in [6.45, 7) is 2.59. The average molecular weight is 270 g/mol. The van der Waals surface area contributed by atoms with Crippen LogP contribution in [0.2, 0.25) is 5.15 Å². The number of hydrogen-bond donors (Lipinski definition) is 1. The topological polar surface area (TPSA) is 64.0 Å². The molecule has 2 rings (SSSR count). The van der Waals surface area contributed by atoms with Gasteiger partial charge >= 0.3 is 0 Å². The summed E-state index contributed by atoms with van der Waals surface area (Å²) in [7, 11) is 0. The standard InChI is InChI=1S/C12H16ClN3O2/c1-2-10-15-9(13)5-12(18)16(10)7-11(17)14-6-8-3-4-8/h5,8H,2-4,6-7H2,1H3,(H,14,17). The van der Waals surface area contributed by atoms with Crippen LogP contribution in [0.5, 0.6) is 0 Å². The van der Waals surface area contributed by atoms with Gasteiger partial charge in [0.15, 0.2) is 0 Å². The van der Waals surface area contributed by atoms with E-state index in [1.165, 1.54) is 23.5 Å². The first kappa shape index (κ1) is 13.1. The molecule has 1 saturated carbocycles. The largest absolute Gasteiger partial charge is 0.354 e. The number of amides is 1. The average Bonchev–Trinajstić information content (AvgIpc) is 3.13. The molecular formula is C12H16ClN3O2. The second kappa shape index (κ2) is 5.52. The highest BCUT2D eigenvalue weighted by Gasteiger charge is 2.21. The number of carbonyl (C=O) groups is 1. The van der Waals surface area contributed by atoms with E-state index in [1.807, 2.05) is 6.92 Å². The monoisotopic (exact) mass is 269 g/mol. The van der Waals surface area contributed by atoms with Crippen LogP contribution in [-0.4, -0.2) is 22.0 Å². The molecule has 0 saturated heterocycles. The lowest BCUT2D eigenvalue weighted by Gasteiger charge is -2.10. The van der Waals surface area contributed by atoms with Crippen LogP contribution >= 0.6 is 11.6 Å². The van der Waals surface area contributed by atoms with Crippen LogP contribution in [0.25, 0.3) is 0 Å². The molecule has 98 valence electrons. The summed E-state index contributed by atoms with van der Waals surface area (Å²) in [6, 6.07) is 1.23. The van der Waals surface area contributed by atoms with E-state index in [-0.39, 0.29) is 23.2 Å². The van der Waals surface area contributed by atoms with Gasteiger partial charge in [0.2, 0.25) is 5.91 Å². The fraction of sp³-hybridized carbons (Fsp3) is 0.583. The molecule has 1 aliphatic rings. The van der Waals surface area contributed by atoms with E-state index in [0.717, 1.165) is 0 Å². The molecular weight excluding hydrogens is 254 g/mol. The number of halogens is 1. The van der Waals surface area contributed by atoms with Crippen molar-refractivity contribution in [2.75, 3.05) is 6.54 Å². The van der Waals surface area contributed by atoms with Crippen molar-refractivity contribution in [1.29, 1.82) is 0 Å². The minimum atomic E-state index is -0.284. The van der Waals surface area contributed by atoms with E-state index in [4.69, 9.17) is 11.6 Å². The van der Waals surface area contributed by atoms with Crippen molar-refractivity contribution >= 4 is 17.5 Å². The molecule has 5 nitrogen and oxygen atoms in total. The van der Waals surface area contributed by atoms with Gasteiger partial charge in [0.25, 0.3) is 5.56 Å². The van der Waals surface area contributed by atoms with Crippen molar-refractivity contribution < 1.29 is 4.79 Å². The van der Waals surface area contributed by atoms with Gasteiger partial charge in [0.05, 0.1) is 0 Å². The van der Waals surface area contributed by atoms with E-state index in [9.17, 15) is 9.59 Å². The first-order valence-electron chi connectivity index (χ1n) is 6.13. The number of rotatable bonds is 5. The summed E-state index contributed by atoms with van der Waals surface area (Å²) in [4.78, 5) is 27.5. The van der Waals surface area contributed by atoms with E-state index < -0.39 is 0 Å². The molecule has 0 radical (unpaired) electrons. The number of carbonyl (C=O) groups excluding carboxylic acids is 1. The van der Waals surface area contributed by atoms with Crippen LogP contribution in [0.3, 0.4) is 0 Å². The van der Waals surface area contributed by atoms with Gasteiger partial charge in [-0.3, -0.25) is 14.2 Å². The second-order valence-corrected chi connectivity index (χ2v) is 4.91. The molecule has 1 fully saturated rings. The van der Waals surface area contributed by atoms with Crippen LogP contribution in [0.4, 0.5) is 0 Å². The molecule has 0 aliphatic heterocycles. The molecule has 0 aromatic carbocycles. The third-order valence-corrected chi connectivity index (χ3v) is 3.15. The third-order valence-electron chi connectivity index (χ3n) is 2.96. The maximum atomic E-state index is 11.8. The zero-order chi connectivity index (χ0) is 13.1. The Kier molecular flexibility index (Phi) is 4.01. The molecule has 0 unspecified atom stereocenters. The summed E-state index contributed by atoms with van der Waals surface area (Å²) in [5.74, 6) is 1.01. The van der Waals surface area contributed by atoms with Gasteiger partial charge in [-0.2, -0.15) is 0 Å². The SMILES string of the molecule is CCc1nc(Cl)cc(=O)n1CC(=O)NCC1CC1. The second-order valence-electron chi connectivity index (χ2n) is 4.52. The van der Waals surface area contributed by atoms with Gasteiger partial charge in [-0.25, -0.2) is 4.98 Å². The van der Waals surface area contributed by atoms with Crippen molar-refractivity contribution in [2.24, 2.45) is 5.92 Å². The molecule has 1 aromatic heterocycles. The number of nitrogens with zero attached hydrogens (tertiary/aromatic N) is 2. The molecule has 1 aromatic rings. The van der Waals surface area contributed by atoms with Crippen LogP contribution in [0, 0.1) is 5.92 Å². The first-order valence-corrected chi connectivity index (χ1v) is 6.51. The van der Waals surface area contributed by atoms with Crippen molar-refractivity contribution in [2.45, 2.75) is 32.7 Å². The van der Waals surface area contributed by atoms with Gasteiger partial charge in [0.1, 0.15) is 17.5 Å². The summed E-state index contributed by atoms with van der Waals surface area (Å²) >= 11 is 5.72. The lowest BCUT2D eigenvalue weighted by atomic mass is 10.4. The highest BCUT2D eigenvalue weighted by molar-refractivity contribution is 6.29. The highest BCUT2D eigenvalue weighted by Crippen LogP contribution is 2.27. The molecule has 0 bridgehead atoms. The summed E-state index contributed by atoms with van der Waals surface area (Å²) < 4.78 is 1.37. The lowest BCUT2D eigenvalue weighted by Crippen LogP contribution is -2.35. The Labute approximate surface area is 110 Å². The van der Waals surface area contributed by atoms with E-state index >= 15 is 0 Å². The highest BCUT2D eigenvalue weighted by atomic mass is 35.5. The Morgan fingerprint density at radius 1 is 1.61 bits per heavy atom. The van der Waals surface area contributed by atoms with Crippen LogP contribution in [-0.2, 0) is 17.8 Å².